The molecule has 3 heterocycles. The predicted molar refractivity (Wildman–Crippen MR) is 110 cm³/mol. The Labute approximate surface area is 179 Å². The molecule has 31 heavy (non-hydrogen) atoms. The average molecular weight is 430 g/mol. The molecule has 0 bridgehead atoms. The van der Waals surface area contributed by atoms with Crippen LogP contribution in [-0.4, -0.2) is 83.8 Å². The Hall–Kier alpha value is -3.14. The van der Waals surface area contributed by atoms with Crippen LogP contribution in [0.1, 0.15) is 36.0 Å². The number of amides is 5. The summed E-state index contributed by atoms with van der Waals surface area (Å²) in [5, 5.41) is 12.1. The number of anilines is 1. The van der Waals surface area contributed by atoms with Crippen LogP contribution in [0.2, 0.25) is 0 Å². The van der Waals surface area contributed by atoms with E-state index in [-0.39, 0.29) is 36.1 Å². The van der Waals surface area contributed by atoms with Gasteiger partial charge in [0.25, 0.3) is 5.91 Å². The first kappa shape index (κ1) is 21.1. The molecule has 1 aromatic carbocycles. The summed E-state index contributed by atoms with van der Waals surface area (Å²) in [4.78, 5) is 53.4. The zero-order valence-corrected chi connectivity index (χ0v) is 17.2. The Morgan fingerprint density at radius 1 is 1.00 bits per heavy atom. The quantitative estimate of drug-likeness (QED) is 0.699. The number of likely N-dealkylation sites (tertiary alicyclic amines) is 1. The molecule has 3 saturated heterocycles. The highest BCUT2D eigenvalue weighted by Gasteiger charge is 2.42. The molecule has 3 aliphatic rings. The summed E-state index contributed by atoms with van der Waals surface area (Å²) in [6.07, 6.45) is 2.84. The van der Waals surface area contributed by atoms with Gasteiger partial charge in [0.15, 0.2) is 0 Å². The normalized spacial score (nSPS) is 21.0. The van der Waals surface area contributed by atoms with E-state index in [4.69, 9.17) is 9.84 Å². The van der Waals surface area contributed by atoms with Crippen molar-refractivity contribution in [1.29, 1.82) is 0 Å². The number of hydrogen-bond donors (Lipinski definition) is 2. The van der Waals surface area contributed by atoms with E-state index in [1.165, 1.54) is 24.3 Å². The van der Waals surface area contributed by atoms with Crippen molar-refractivity contribution in [3.63, 3.8) is 0 Å². The number of imide groups is 1. The van der Waals surface area contributed by atoms with E-state index >= 15 is 0 Å². The number of urea groups is 2. The minimum atomic E-state index is -1.07. The third kappa shape index (κ3) is 4.48. The molecule has 0 unspecified atom stereocenters. The molecular weight excluding hydrogens is 404 g/mol. The van der Waals surface area contributed by atoms with Crippen LogP contribution in [0.15, 0.2) is 24.3 Å². The summed E-state index contributed by atoms with van der Waals surface area (Å²) < 4.78 is 5.31. The minimum Gasteiger partial charge on any atom is -0.478 e. The van der Waals surface area contributed by atoms with Gasteiger partial charge in [-0.25, -0.2) is 19.3 Å². The molecule has 0 radical (unpaired) electrons. The highest BCUT2D eigenvalue weighted by Crippen LogP contribution is 2.27. The van der Waals surface area contributed by atoms with Crippen LogP contribution in [0, 0.1) is 0 Å². The number of piperidine rings is 1. The molecule has 4 rings (SSSR count). The maximum Gasteiger partial charge on any atom is 0.335 e. The Morgan fingerprint density at radius 2 is 1.65 bits per heavy atom. The summed E-state index contributed by atoms with van der Waals surface area (Å²) in [6.45, 7) is 2.34. The lowest BCUT2D eigenvalue weighted by Crippen LogP contribution is -2.52. The van der Waals surface area contributed by atoms with Crippen molar-refractivity contribution >= 4 is 29.6 Å². The third-order valence-corrected chi connectivity index (χ3v) is 6.11. The summed E-state index contributed by atoms with van der Waals surface area (Å²) in [7, 11) is 0. The molecule has 166 valence electrons. The number of aromatic carboxylic acids is 1. The molecule has 10 nitrogen and oxygen atoms in total. The second-order valence-electron chi connectivity index (χ2n) is 8.05. The van der Waals surface area contributed by atoms with Crippen molar-refractivity contribution in [2.45, 2.75) is 37.8 Å². The Balaban J connectivity index is 1.33. The number of carbonyl (C=O) groups is 4. The van der Waals surface area contributed by atoms with Gasteiger partial charge in [-0.15, -0.1) is 0 Å². The van der Waals surface area contributed by atoms with Crippen molar-refractivity contribution in [2.24, 2.45) is 0 Å². The van der Waals surface area contributed by atoms with Crippen LogP contribution in [0.5, 0.6) is 0 Å². The van der Waals surface area contributed by atoms with E-state index in [1.807, 2.05) is 0 Å². The second-order valence-corrected chi connectivity index (χ2v) is 8.05. The van der Waals surface area contributed by atoms with Gasteiger partial charge < -0.3 is 25.0 Å². The SMILES string of the molecule is O=C(O)c1ccc(N2C(=O)CN(C3CCN(C(=O)NC4CCOCC4)CC3)C2=O)cc1. The van der Waals surface area contributed by atoms with Gasteiger partial charge in [0.05, 0.1) is 11.3 Å². The van der Waals surface area contributed by atoms with E-state index in [0.717, 1.165) is 17.7 Å². The molecule has 5 amide bonds. The standard InChI is InChI=1S/C21H26N4O6/c26-18-13-24(21(30)25(18)17-3-1-14(2-4-17)19(27)28)16-5-9-23(10-6-16)20(29)22-15-7-11-31-12-8-15/h1-4,15-16H,5-13H2,(H,22,29)(H,27,28). The van der Waals surface area contributed by atoms with Gasteiger partial charge in [-0.3, -0.25) is 4.79 Å². The predicted octanol–water partition coefficient (Wildman–Crippen LogP) is 1.51. The second kappa shape index (κ2) is 8.93. The zero-order chi connectivity index (χ0) is 22.0. The summed E-state index contributed by atoms with van der Waals surface area (Å²) in [6, 6.07) is 5.20. The average Bonchev–Trinajstić information content (AvgIpc) is 3.08. The summed E-state index contributed by atoms with van der Waals surface area (Å²) in [5.74, 6) is -1.41. The fourth-order valence-corrected chi connectivity index (χ4v) is 4.30. The molecule has 0 aliphatic carbocycles. The number of nitrogens with zero attached hydrogens (tertiary/aromatic N) is 3. The topological polar surface area (TPSA) is 119 Å². The Kier molecular flexibility index (Phi) is 6.08. The number of hydrogen-bond acceptors (Lipinski definition) is 5. The molecule has 0 atom stereocenters. The minimum absolute atomic E-state index is 0.0154. The fourth-order valence-electron chi connectivity index (χ4n) is 4.30. The van der Waals surface area contributed by atoms with Gasteiger partial charge in [-0.1, -0.05) is 0 Å². The highest BCUT2D eigenvalue weighted by atomic mass is 16.5. The molecule has 3 fully saturated rings. The number of nitrogens with one attached hydrogen (secondary N) is 1. The van der Waals surface area contributed by atoms with Crippen LogP contribution >= 0.6 is 0 Å². The molecule has 10 heteroatoms. The van der Waals surface area contributed by atoms with Crippen LogP contribution in [0.25, 0.3) is 0 Å². The van der Waals surface area contributed by atoms with Crippen molar-refractivity contribution in [2.75, 3.05) is 37.7 Å². The number of carboxylic acids is 1. The highest BCUT2D eigenvalue weighted by molar-refractivity contribution is 6.20. The lowest BCUT2D eigenvalue weighted by atomic mass is 10.0. The van der Waals surface area contributed by atoms with Gasteiger partial charge in [0.1, 0.15) is 6.54 Å². The maximum absolute atomic E-state index is 12.9. The third-order valence-electron chi connectivity index (χ3n) is 6.11. The van der Waals surface area contributed by atoms with Gasteiger partial charge in [0, 0.05) is 38.4 Å². The van der Waals surface area contributed by atoms with E-state index in [0.29, 0.717) is 44.8 Å². The molecule has 3 aliphatic heterocycles. The van der Waals surface area contributed by atoms with Crippen LogP contribution in [-0.2, 0) is 9.53 Å². The van der Waals surface area contributed by atoms with E-state index in [1.54, 1.807) is 9.80 Å². The summed E-state index contributed by atoms with van der Waals surface area (Å²) >= 11 is 0. The first-order valence-electron chi connectivity index (χ1n) is 10.5. The van der Waals surface area contributed by atoms with E-state index in [9.17, 15) is 19.2 Å². The number of carbonyl (C=O) groups excluding carboxylic acids is 3. The Morgan fingerprint density at radius 3 is 2.26 bits per heavy atom. The van der Waals surface area contributed by atoms with E-state index < -0.39 is 12.0 Å². The number of ether oxygens (including phenoxy) is 1. The van der Waals surface area contributed by atoms with Crippen molar-refractivity contribution in [3.05, 3.63) is 29.8 Å². The molecule has 0 spiro atoms. The molecular formula is C21H26N4O6. The van der Waals surface area contributed by atoms with Crippen molar-refractivity contribution in [3.8, 4) is 0 Å². The van der Waals surface area contributed by atoms with Gasteiger partial charge in [-0.05, 0) is 49.9 Å². The van der Waals surface area contributed by atoms with Gasteiger partial charge >= 0.3 is 18.0 Å². The smallest absolute Gasteiger partial charge is 0.335 e. The van der Waals surface area contributed by atoms with Crippen LogP contribution in [0.3, 0.4) is 0 Å². The lowest BCUT2D eigenvalue weighted by molar-refractivity contribution is -0.116. The van der Waals surface area contributed by atoms with E-state index in [2.05, 4.69) is 5.32 Å². The largest absolute Gasteiger partial charge is 0.478 e. The van der Waals surface area contributed by atoms with Gasteiger partial charge in [-0.2, -0.15) is 0 Å². The zero-order valence-electron chi connectivity index (χ0n) is 17.2. The fraction of sp³-hybridized carbons (Fsp3) is 0.524. The number of rotatable bonds is 4. The Bertz CT molecular complexity index is 859. The monoisotopic (exact) mass is 430 g/mol. The van der Waals surface area contributed by atoms with Crippen LogP contribution < -0.4 is 10.2 Å². The lowest BCUT2D eigenvalue weighted by Gasteiger charge is -2.37. The molecule has 1 aromatic rings. The molecule has 0 aromatic heterocycles. The first-order valence-corrected chi connectivity index (χ1v) is 10.5. The van der Waals surface area contributed by atoms with Crippen molar-refractivity contribution in [1.82, 2.24) is 15.1 Å². The number of benzene rings is 1. The summed E-state index contributed by atoms with van der Waals surface area (Å²) in [5.41, 5.74) is 0.446. The maximum atomic E-state index is 12.9. The van der Waals surface area contributed by atoms with Crippen molar-refractivity contribution < 1.29 is 29.0 Å². The van der Waals surface area contributed by atoms with Gasteiger partial charge in [0.2, 0.25) is 0 Å². The van der Waals surface area contributed by atoms with Crippen LogP contribution in [0.4, 0.5) is 15.3 Å². The number of carboxylic acid groups (broad SMARTS) is 1. The molecule has 0 saturated carbocycles. The molecule has 2 N–H and O–H groups in total. The first-order chi connectivity index (χ1) is 14.9.